The molecule has 0 radical (unpaired) electrons. The lowest BCUT2D eigenvalue weighted by Gasteiger charge is -2.07. The van der Waals surface area contributed by atoms with E-state index in [4.69, 9.17) is 10.00 Å². The van der Waals surface area contributed by atoms with Crippen molar-refractivity contribution in [1.82, 2.24) is 0 Å². The first-order chi connectivity index (χ1) is 7.71. The van der Waals surface area contributed by atoms with Gasteiger partial charge in [0, 0.05) is 5.33 Å². The van der Waals surface area contributed by atoms with E-state index in [1.165, 1.54) is 0 Å². The number of ether oxygens (including phenoxy) is 1. The van der Waals surface area contributed by atoms with Crippen LogP contribution in [-0.2, 0) is 21.3 Å². The summed E-state index contributed by atoms with van der Waals surface area (Å²) in [7, 11) is 0. The highest BCUT2D eigenvalue weighted by Gasteiger charge is 2.08. The molecule has 0 amide bonds. The van der Waals surface area contributed by atoms with Gasteiger partial charge in [0.05, 0.1) is 24.7 Å². The minimum Gasteiger partial charge on any atom is -0.466 e. The number of alkyl halides is 1. The number of halogens is 1. The van der Waals surface area contributed by atoms with Crippen molar-refractivity contribution in [2.24, 2.45) is 0 Å². The number of carbonyl (C=O) groups is 1. The van der Waals surface area contributed by atoms with Gasteiger partial charge in [0.25, 0.3) is 0 Å². The summed E-state index contributed by atoms with van der Waals surface area (Å²) >= 11 is 3.34. The molecule has 0 spiro atoms. The van der Waals surface area contributed by atoms with Gasteiger partial charge in [-0.2, -0.15) is 5.26 Å². The van der Waals surface area contributed by atoms with Crippen LogP contribution < -0.4 is 0 Å². The zero-order valence-corrected chi connectivity index (χ0v) is 10.6. The molecule has 3 nitrogen and oxygen atoms in total. The standard InChI is InChI=1S/C12H12BrNO2/c1-2-16-12(15)6-10-4-3-9(8-14)5-11(10)7-13/h3-5H,2,6-7H2,1H3. The summed E-state index contributed by atoms with van der Waals surface area (Å²) < 4.78 is 4.88. The molecule has 0 N–H and O–H groups in total. The van der Waals surface area contributed by atoms with E-state index in [2.05, 4.69) is 22.0 Å². The fourth-order valence-corrected chi connectivity index (χ4v) is 1.88. The van der Waals surface area contributed by atoms with E-state index in [1.807, 2.05) is 0 Å². The van der Waals surface area contributed by atoms with Gasteiger partial charge in [-0.15, -0.1) is 0 Å². The largest absolute Gasteiger partial charge is 0.466 e. The van der Waals surface area contributed by atoms with Crippen molar-refractivity contribution in [2.75, 3.05) is 6.61 Å². The number of nitriles is 1. The van der Waals surface area contributed by atoms with Crippen molar-refractivity contribution in [1.29, 1.82) is 5.26 Å². The van der Waals surface area contributed by atoms with Crippen LogP contribution in [0.1, 0.15) is 23.6 Å². The van der Waals surface area contributed by atoms with Crippen molar-refractivity contribution in [3.63, 3.8) is 0 Å². The summed E-state index contributed by atoms with van der Waals surface area (Å²) in [6, 6.07) is 7.36. The normalized spacial score (nSPS) is 9.56. The lowest BCUT2D eigenvalue weighted by Crippen LogP contribution is -2.09. The zero-order chi connectivity index (χ0) is 12.0. The van der Waals surface area contributed by atoms with Crippen molar-refractivity contribution in [2.45, 2.75) is 18.7 Å². The lowest BCUT2D eigenvalue weighted by molar-refractivity contribution is -0.142. The molecule has 1 aromatic rings. The first-order valence-electron chi connectivity index (χ1n) is 4.94. The van der Waals surface area contributed by atoms with Crippen molar-refractivity contribution in [3.8, 4) is 6.07 Å². The van der Waals surface area contributed by atoms with Crippen LogP contribution in [0.25, 0.3) is 0 Å². The molecule has 0 heterocycles. The number of nitrogens with zero attached hydrogens (tertiary/aromatic N) is 1. The van der Waals surface area contributed by atoms with E-state index in [1.54, 1.807) is 25.1 Å². The van der Waals surface area contributed by atoms with E-state index in [9.17, 15) is 4.79 Å². The molecule has 0 aromatic heterocycles. The van der Waals surface area contributed by atoms with Crippen LogP contribution in [0.3, 0.4) is 0 Å². The highest BCUT2D eigenvalue weighted by atomic mass is 79.9. The molecule has 0 saturated carbocycles. The first kappa shape index (κ1) is 12.7. The number of rotatable bonds is 4. The Morgan fingerprint density at radius 1 is 1.50 bits per heavy atom. The maximum Gasteiger partial charge on any atom is 0.310 e. The number of carbonyl (C=O) groups excluding carboxylic acids is 1. The molecular formula is C12H12BrNO2. The van der Waals surface area contributed by atoms with Gasteiger partial charge in [-0.05, 0) is 30.2 Å². The predicted octanol–water partition coefficient (Wildman–Crippen LogP) is 2.56. The summed E-state index contributed by atoms with van der Waals surface area (Å²) in [4.78, 5) is 11.3. The van der Waals surface area contributed by atoms with Crippen LogP contribution in [0.4, 0.5) is 0 Å². The third-order valence-corrected chi connectivity index (χ3v) is 2.72. The van der Waals surface area contributed by atoms with E-state index in [0.29, 0.717) is 17.5 Å². The molecular weight excluding hydrogens is 270 g/mol. The second-order valence-corrected chi connectivity index (χ2v) is 3.77. The monoisotopic (exact) mass is 281 g/mol. The van der Waals surface area contributed by atoms with Gasteiger partial charge in [-0.25, -0.2) is 0 Å². The molecule has 0 aliphatic carbocycles. The second-order valence-electron chi connectivity index (χ2n) is 3.21. The van der Waals surface area contributed by atoms with E-state index in [0.717, 1.165) is 11.1 Å². The fraction of sp³-hybridized carbons (Fsp3) is 0.333. The van der Waals surface area contributed by atoms with E-state index < -0.39 is 0 Å². The molecule has 0 atom stereocenters. The SMILES string of the molecule is CCOC(=O)Cc1ccc(C#N)cc1CBr. The average molecular weight is 282 g/mol. The lowest BCUT2D eigenvalue weighted by atomic mass is 10.0. The highest BCUT2D eigenvalue weighted by Crippen LogP contribution is 2.16. The molecule has 0 saturated heterocycles. The Hall–Kier alpha value is -1.34. The quantitative estimate of drug-likeness (QED) is 0.630. The van der Waals surface area contributed by atoms with Crippen molar-refractivity contribution >= 4 is 21.9 Å². The van der Waals surface area contributed by atoms with Crippen LogP contribution in [0, 0.1) is 11.3 Å². The van der Waals surface area contributed by atoms with E-state index in [-0.39, 0.29) is 12.4 Å². The maximum atomic E-state index is 11.3. The van der Waals surface area contributed by atoms with Gasteiger partial charge < -0.3 is 4.74 Å². The molecule has 0 aliphatic rings. The number of hydrogen-bond donors (Lipinski definition) is 0. The summed E-state index contributed by atoms with van der Waals surface area (Å²) in [6.07, 6.45) is 0.250. The van der Waals surface area contributed by atoms with Gasteiger partial charge in [-0.1, -0.05) is 22.0 Å². The second kappa shape index (κ2) is 6.29. The maximum absolute atomic E-state index is 11.3. The third-order valence-electron chi connectivity index (χ3n) is 2.12. The number of hydrogen-bond acceptors (Lipinski definition) is 3. The Morgan fingerprint density at radius 3 is 2.81 bits per heavy atom. The molecule has 0 fully saturated rings. The molecule has 1 aromatic carbocycles. The molecule has 0 unspecified atom stereocenters. The summed E-state index contributed by atoms with van der Waals surface area (Å²) in [6.45, 7) is 2.17. The average Bonchev–Trinajstić information content (AvgIpc) is 2.30. The fourth-order valence-electron chi connectivity index (χ4n) is 1.36. The van der Waals surface area contributed by atoms with Gasteiger partial charge in [-0.3, -0.25) is 4.79 Å². The summed E-state index contributed by atoms with van der Waals surface area (Å²) in [5.41, 5.74) is 2.45. The molecule has 84 valence electrons. The predicted molar refractivity (Wildman–Crippen MR) is 64.1 cm³/mol. The van der Waals surface area contributed by atoms with Crippen LogP contribution >= 0.6 is 15.9 Å². The molecule has 4 heteroatoms. The molecule has 1 rings (SSSR count). The van der Waals surface area contributed by atoms with Gasteiger partial charge in [0.1, 0.15) is 0 Å². The van der Waals surface area contributed by atoms with Crippen LogP contribution in [0.2, 0.25) is 0 Å². The van der Waals surface area contributed by atoms with Gasteiger partial charge in [0.2, 0.25) is 0 Å². The molecule has 0 aliphatic heterocycles. The highest BCUT2D eigenvalue weighted by molar-refractivity contribution is 9.08. The van der Waals surface area contributed by atoms with Crippen molar-refractivity contribution < 1.29 is 9.53 Å². The Labute approximate surface area is 103 Å². The van der Waals surface area contributed by atoms with Crippen LogP contribution in [-0.4, -0.2) is 12.6 Å². The van der Waals surface area contributed by atoms with Crippen molar-refractivity contribution in [3.05, 3.63) is 34.9 Å². The minimum absolute atomic E-state index is 0.241. The smallest absolute Gasteiger partial charge is 0.310 e. The summed E-state index contributed by atoms with van der Waals surface area (Å²) in [5.74, 6) is -0.241. The Kier molecular flexibility index (Phi) is 5.00. The first-order valence-corrected chi connectivity index (χ1v) is 6.07. The Balaban J connectivity index is 2.88. The van der Waals surface area contributed by atoms with Crippen LogP contribution in [0.15, 0.2) is 18.2 Å². The van der Waals surface area contributed by atoms with Gasteiger partial charge in [0.15, 0.2) is 0 Å². The van der Waals surface area contributed by atoms with E-state index >= 15 is 0 Å². The topological polar surface area (TPSA) is 50.1 Å². The Morgan fingerprint density at radius 2 is 2.25 bits per heavy atom. The molecule has 16 heavy (non-hydrogen) atoms. The minimum atomic E-state index is -0.241. The van der Waals surface area contributed by atoms with Gasteiger partial charge >= 0.3 is 5.97 Å². The number of esters is 1. The summed E-state index contributed by atoms with van der Waals surface area (Å²) in [5, 5.41) is 9.38. The number of benzene rings is 1. The third kappa shape index (κ3) is 3.35. The zero-order valence-electron chi connectivity index (χ0n) is 9.00. The Bertz CT molecular complexity index is 424. The molecule has 0 bridgehead atoms. The van der Waals surface area contributed by atoms with Crippen LogP contribution in [0.5, 0.6) is 0 Å².